The van der Waals surface area contributed by atoms with Crippen molar-refractivity contribution < 1.29 is 9.59 Å². The second kappa shape index (κ2) is 6.10. The Hall–Kier alpha value is -2.14. The van der Waals surface area contributed by atoms with Gasteiger partial charge in [-0.1, -0.05) is 12.1 Å². The Labute approximate surface area is 127 Å². The van der Waals surface area contributed by atoms with Gasteiger partial charge in [0.2, 0.25) is 5.91 Å². The van der Waals surface area contributed by atoms with E-state index >= 15 is 0 Å². The van der Waals surface area contributed by atoms with Gasteiger partial charge >= 0.3 is 0 Å². The number of nitrogens with one attached hydrogen (secondary N) is 2. The highest BCUT2D eigenvalue weighted by Gasteiger charge is 2.22. The Morgan fingerprint density at radius 2 is 1.90 bits per heavy atom. The van der Waals surface area contributed by atoms with Crippen LogP contribution in [0.25, 0.3) is 0 Å². The van der Waals surface area contributed by atoms with Gasteiger partial charge in [0.05, 0.1) is 12.0 Å². The van der Waals surface area contributed by atoms with Crippen LogP contribution in [0.3, 0.4) is 0 Å². The Balaban J connectivity index is 1.56. The molecule has 1 saturated carbocycles. The molecule has 0 aliphatic heterocycles. The molecule has 0 atom stereocenters. The van der Waals surface area contributed by atoms with Crippen LogP contribution in [0.4, 0.5) is 5.69 Å². The van der Waals surface area contributed by atoms with Crippen molar-refractivity contribution in [2.75, 3.05) is 5.32 Å². The molecule has 1 aliphatic rings. The molecule has 0 spiro atoms. The van der Waals surface area contributed by atoms with Crippen LogP contribution in [0.15, 0.2) is 41.1 Å². The molecule has 0 radical (unpaired) electrons. The van der Waals surface area contributed by atoms with E-state index in [1.807, 2.05) is 35.0 Å². The Kier molecular flexibility index (Phi) is 4.01. The fourth-order valence-electron chi connectivity index (χ4n) is 1.99. The van der Waals surface area contributed by atoms with E-state index in [4.69, 9.17) is 0 Å². The molecule has 1 aromatic carbocycles. The summed E-state index contributed by atoms with van der Waals surface area (Å²) >= 11 is 1.49. The fourth-order valence-corrected chi connectivity index (χ4v) is 2.63. The van der Waals surface area contributed by atoms with Crippen molar-refractivity contribution in [2.24, 2.45) is 0 Å². The monoisotopic (exact) mass is 300 g/mol. The zero-order valence-electron chi connectivity index (χ0n) is 11.5. The van der Waals surface area contributed by atoms with Crippen molar-refractivity contribution >= 4 is 28.8 Å². The third kappa shape index (κ3) is 3.92. The lowest BCUT2D eigenvalue weighted by Gasteiger charge is -2.06. The van der Waals surface area contributed by atoms with E-state index in [-0.39, 0.29) is 11.8 Å². The van der Waals surface area contributed by atoms with Crippen LogP contribution in [0.2, 0.25) is 0 Å². The first-order valence-corrected chi connectivity index (χ1v) is 7.87. The number of thiophene rings is 1. The second-order valence-electron chi connectivity index (χ2n) is 5.18. The molecule has 0 bridgehead atoms. The lowest BCUT2D eigenvalue weighted by Crippen LogP contribution is -2.26. The molecule has 0 saturated heterocycles. The molecule has 2 amide bonds. The van der Waals surface area contributed by atoms with E-state index in [9.17, 15) is 9.59 Å². The third-order valence-electron chi connectivity index (χ3n) is 3.30. The van der Waals surface area contributed by atoms with E-state index in [0.29, 0.717) is 18.0 Å². The van der Waals surface area contributed by atoms with Crippen molar-refractivity contribution in [1.82, 2.24) is 5.32 Å². The first-order valence-electron chi connectivity index (χ1n) is 6.92. The van der Waals surface area contributed by atoms with Crippen molar-refractivity contribution in [1.29, 1.82) is 0 Å². The van der Waals surface area contributed by atoms with Crippen molar-refractivity contribution in [3.63, 3.8) is 0 Å². The maximum Gasteiger partial charge on any atom is 0.256 e. The van der Waals surface area contributed by atoms with Gasteiger partial charge < -0.3 is 10.6 Å². The standard InChI is InChI=1S/C16H16N2O2S/c19-15(17-13-5-6-13)9-11-1-3-14(4-2-11)18-16(20)12-7-8-21-10-12/h1-4,7-8,10,13H,5-6,9H2,(H,17,19)(H,18,20). The van der Waals surface area contributed by atoms with Gasteiger partial charge in [-0.25, -0.2) is 0 Å². The lowest BCUT2D eigenvalue weighted by molar-refractivity contribution is -0.120. The Morgan fingerprint density at radius 3 is 2.52 bits per heavy atom. The van der Waals surface area contributed by atoms with Gasteiger partial charge in [-0.05, 0) is 42.0 Å². The molecule has 21 heavy (non-hydrogen) atoms. The van der Waals surface area contributed by atoms with Gasteiger partial charge in [0.25, 0.3) is 5.91 Å². The summed E-state index contributed by atoms with van der Waals surface area (Å²) in [5, 5.41) is 9.48. The zero-order valence-corrected chi connectivity index (χ0v) is 12.3. The van der Waals surface area contributed by atoms with Gasteiger partial charge in [-0.15, -0.1) is 0 Å². The minimum atomic E-state index is -0.115. The highest BCUT2D eigenvalue weighted by molar-refractivity contribution is 7.08. The molecule has 108 valence electrons. The summed E-state index contributed by atoms with van der Waals surface area (Å²) in [6.45, 7) is 0. The maximum absolute atomic E-state index is 11.9. The number of benzene rings is 1. The number of rotatable bonds is 5. The Bertz CT molecular complexity index is 631. The van der Waals surface area contributed by atoms with Crippen LogP contribution in [0.1, 0.15) is 28.8 Å². The predicted molar refractivity (Wildman–Crippen MR) is 83.6 cm³/mol. The van der Waals surface area contributed by atoms with Crippen LogP contribution in [0.5, 0.6) is 0 Å². The highest BCUT2D eigenvalue weighted by atomic mass is 32.1. The van der Waals surface area contributed by atoms with Crippen LogP contribution in [-0.4, -0.2) is 17.9 Å². The topological polar surface area (TPSA) is 58.2 Å². The van der Waals surface area contributed by atoms with Crippen LogP contribution in [-0.2, 0) is 11.2 Å². The van der Waals surface area contributed by atoms with E-state index < -0.39 is 0 Å². The van der Waals surface area contributed by atoms with Crippen molar-refractivity contribution in [3.05, 3.63) is 52.2 Å². The number of hydrogen-bond donors (Lipinski definition) is 2. The molecular weight excluding hydrogens is 284 g/mol. The highest BCUT2D eigenvalue weighted by Crippen LogP contribution is 2.19. The molecule has 4 nitrogen and oxygen atoms in total. The summed E-state index contributed by atoms with van der Waals surface area (Å²) in [4.78, 5) is 23.6. The number of carbonyl (C=O) groups is 2. The Morgan fingerprint density at radius 1 is 1.14 bits per heavy atom. The molecule has 2 N–H and O–H groups in total. The zero-order chi connectivity index (χ0) is 14.7. The van der Waals surface area contributed by atoms with Gasteiger partial charge in [-0.3, -0.25) is 9.59 Å². The largest absolute Gasteiger partial charge is 0.353 e. The number of amides is 2. The molecule has 1 fully saturated rings. The van der Waals surface area contributed by atoms with Crippen molar-refractivity contribution in [2.45, 2.75) is 25.3 Å². The van der Waals surface area contributed by atoms with Crippen LogP contribution in [0, 0.1) is 0 Å². The minimum absolute atomic E-state index is 0.0626. The van der Waals surface area contributed by atoms with E-state index in [1.165, 1.54) is 11.3 Å². The molecule has 1 aliphatic carbocycles. The number of carbonyl (C=O) groups excluding carboxylic acids is 2. The van der Waals surface area contributed by atoms with Gasteiger partial charge in [0.15, 0.2) is 0 Å². The molecule has 5 heteroatoms. The summed E-state index contributed by atoms with van der Waals surface area (Å²) < 4.78 is 0. The summed E-state index contributed by atoms with van der Waals surface area (Å²) in [6.07, 6.45) is 2.58. The molecular formula is C16H16N2O2S. The predicted octanol–water partition coefficient (Wildman–Crippen LogP) is 2.82. The molecule has 1 aromatic heterocycles. The average molecular weight is 300 g/mol. The molecule has 2 aromatic rings. The quantitative estimate of drug-likeness (QED) is 0.892. The smallest absolute Gasteiger partial charge is 0.256 e. The maximum atomic E-state index is 11.9. The van der Waals surface area contributed by atoms with Gasteiger partial charge in [0.1, 0.15) is 0 Å². The van der Waals surface area contributed by atoms with Crippen molar-refractivity contribution in [3.8, 4) is 0 Å². The number of anilines is 1. The summed E-state index contributed by atoms with van der Waals surface area (Å²) in [6, 6.07) is 9.57. The van der Waals surface area contributed by atoms with Gasteiger partial charge in [-0.2, -0.15) is 11.3 Å². The summed E-state index contributed by atoms with van der Waals surface area (Å²) in [7, 11) is 0. The summed E-state index contributed by atoms with van der Waals surface area (Å²) in [5.41, 5.74) is 2.34. The minimum Gasteiger partial charge on any atom is -0.353 e. The lowest BCUT2D eigenvalue weighted by atomic mass is 10.1. The average Bonchev–Trinajstić information content (AvgIpc) is 3.10. The molecule has 1 heterocycles. The fraction of sp³-hybridized carbons (Fsp3) is 0.250. The van der Waals surface area contributed by atoms with Crippen LogP contribution >= 0.6 is 11.3 Å². The number of hydrogen-bond acceptors (Lipinski definition) is 3. The molecule has 0 unspecified atom stereocenters. The first-order chi connectivity index (χ1) is 10.2. The van der Waals surface area contributed by atoms with E-state index in [1.54, 1.807) is 6.07 Å². The molecule has 3 rings (SSSR count). The van der Waals surface area contributed by atoms with Crippen LogP contribution < -0.4 is 10.6 Å². The van der Waals surface area contributed by atoms with E-state index in [0.717, 1.165) is 24.1 Å². The normalized spacial score (nSPS) is 13.7. The third-order valence-corrected chi connectivity index (χ3v) is 3.99. The summed E-state index contributed by atoms with van der Waals surface area (Å²) in [5.74, 6) is -0.0527. The SMILES string of the molecule is O=C(Cc1ccc(NC(=O)c2ccsc2)cc1)NC1CC1. The van der Waals surface area contributed by atoms with Gasteiger partial charge in [0, 0.05) is 17.1 Å². The van der Waals surface area contributed by atoms with E-state index in [2.05, 4.69) is 10.6 Å². The second-order valence-corrected chi connectivity index (χ2v) is 5.96. The first kappa shape index (κ1) is 13.8.